The molecule has 0 spiro atoms. The van der Waals surface area contributed by atoms with Gasteiger partial charge in [-0.1, -0.05) is 48.0 Å². The number of carboxylic acid groups (broad SMARTS) is 2. The van der Waals surface area contributed by atoms with Crippen LogP contribution in [0.15, 0.2) is 66.7 Å². The molecule has 1 amide bonds. The number of nitrogens with one attached hydrogen (secondary N) is 1. The van der Waals surface area contributed by atoms with Gasteiger partial charge in [0.2, 0.25) is 0 Å². The van der Waals surface area contributed by atoms with Gasteiger partial charge < -0.3 is 15.5 Å². The molecule has 8 nitrogen and oxygen atoms in total. The maximum absolute atomic E-state index is 12.1. The second-order valence-corrected chi connectivity index (χ2v) is 7.74. The van der Waals surface area contributed by atoms with E-state index in [2.05, 4.69) is 45.4 Å². The van der Waals surface area contributed by atoms with E-state index in [1.54, 1.807) is 0 Å². The summed E-state index contributed by atoms with van der Waals surface area (Å²) in [6, 6.07) is 18.3. The summed E-state index contributed by atoms with van der Waals surface area (Å²) in [5.41, 5.74) is 3.28. The quantitative estimate of drug-likeness (QED) is 0.526. The number of nitrogens with zero attached hydrogens (tertiary/aromatic N) is 2. The summed E-state index contributed by atoms with van der Waals surface area (Å²) in [6.07, 6.45) is 1.12. The van der Waals surface area contributed by atoms with E-state index in [-0.39, 0.29) is 5.91 Å². The normalized spacial score (nSPS) is 14.3. The smallest absolute Gasteiger partial charge is 0.328 e. The first-order chi connectivity index (χ1) is 15.8. The third-order valence-corrected chi connectivity index (χ3v) is 5.11. The number of aliphatic carboxylic acids is 2. The molecule has 0 atom stereocenters. The van der Waals surface area contributed by atoms with Gasteiger partial charge in [-0.15, -0.1) is 0 Å². The van der Waals surface area contributed by atoms with Crippen molar-refractivity contribution < 1.29 is 24.6 Å². The van der Waals surface area contributed by atoms with Gasteiger partial charge in [0.25, 0.3) is 5.91 Å². The van der Waals surface area contributed by atoms with Crippen LogP contribution < -0.4 is 5.32 Å². The summed E-state index contributed by atoms with van der Waals surface area (Å²) in [5.74, 6) is -2.50. The van der Waals surface area contributed by atoms with E-state index >= 15 is 0 Å². The number of benzene rings is 2. The predicted octanol–water partition coefficient (Wildman–Crippen LogP) is 2.25. The summed E-state index contributed by atoms with van der Waals surface area (Å²) >= 11 is 0. The Balaban J connectivity index is 0.000000414. The molecule has 0 unspecified atom stereocenters. The highest BCUT2D eigenvalue weighted by Crippen LogP contribution is 2.08. The van der Waals surface area contributed by atoms with Crippen LogP contribution in [-0.2, 0) is 16.1 Å². The lowest BCUT2D eigenvalue weighted by Gasteiger charge is -2.34. The van der Waals surface area contributed by atoms with Crippen LogP contribution in [0.1, 0.15) is 21.5 Å². The average Bonchev–Trinajstić information content (AvgIpc) is 2.80. The van der Waals surface area contributed by atoms with Crippen molar-refractivity contribution in [1.29, 1.82) is 0 Å². The van der Waals surface area contributed by atoms with Gasteiger partial charge in [0, 0.05) is 63.5 Å². The van der Waals surface area contributed by atoms with Gasteiger partial charge in [-0.25, -0.2) is 9.59 Å². The fourth-order valence-corrected chi connectivity index (χ4v) is 3.29. The van der Waals surface area contributed by atoms with Crippen LogP contribution >= 0.6 is 0 Å². The van der Waals surface area contributed by atoms with Crippen molar-refractivity contribution in [2.24, 2.45) is 0 Å². The van der Waals surface area contributed by atoms with E-state index in [4.69, 9.17) is 10.2 Å². The summed E-state index contributed by atoms with van der Waals surface area (Å²) < 4.78 is 0. The number of hydrogen-bond donors (Lipinski definition) is 3. The molecule has 3 rings (SSSR count). The summed E-state index contributed by atoms with van der Waals surface area (Å²) in [7, 11) is 0. The fourth-order valence-electron chi connectivity index (χ4n) is 3.29. The number of piperazine rings is 1. The molecule has 1 aliphatic rings. The van der Waals surface area contributed by atoms with Gasteiger partial charge in [-0.2, -0.15) is 0 Å². The Morgan fingerprint density at radius 3 is 1.94 bits per heavy atom. The van der Waals surface area contributed by atoms with Crippen LogP contribution in [0.4, 0.5) is 0 Å². The van der Waals surface area contributed by atoms with Gasteiger partial charge in [0.05, 0.1) is 0 Å². The molecule has 1 heterocycles. The molecule has 0 radical (unpaired) electrons. The van der Waals surface area contributed by atoms with E-state index < -0.39 is 11.9 Å². The molecule has 1 aliphatic heterocycles. The number of hydrogen-bond acceptors (Lipinski definition) is 5. The molecule has 0 aliphatic carbocycles. The summed E-state index contributed by atoms with van der Waals surface area (Å²) in [5, 5.41) is 18.6. The van der Waals surface area contributed by atoms with E-state index in [1.807, 2.05) is 31.2 Å². The zero-order chi connectivity index (χ0) is 24.1. The first-order valence-corrected chi connectivity index (χ1v) is 10.8. The van der Waals surface area contributed by atoms with Crippen molar-refractivity contribution in [3.8, 4) is 0 Å². The molecular formula is C25H31N3O5. The molecule has 2 aromatic carbocycles. The number of aryl methyl sites for hydroxylation is 1. The van der Waals surface area contributed by atoms with Crippen LogP contribution in [0, 0.1) is 6.92 Å². The molecular weight excluding hydrogens is 422 g/mol. The van der Waals surface area contributed by atoms with Crippen molar-refractivity contribution in [3.05, 3.63) is 83.4 Å². The molecule has 8 heteroatoms. The van der Waals surface area contributed by atoms with Gasteiger partial charge in [0.1, 0.15) is 0 Å². The Kier molecular flexibility index (Phi) is 10.8. The van der Waals surface area contributed by atoms with Crippen LogP contribution in [0.3, 0.4) is 0 Å². The van der Waals surface area contributed by atoms with Crippen LogP contribution in [0.25, 0.3) is 0 Å². The minimum atomic E-state index is -1.26. The highest BCUT2D eigenvalue weighted by molar-refractivity contribution is 5.94. The van der Waals surface area contributed by atoms with E-state index in [1.165, 1.54) is 11.1 Å². The lowest BCUT2D eigenvalue weighted by atomic mass is 10.1. The molecule has 176 valence electrons. The molecule has 1 fully saturated rings. The fraction of sp³-hybridized carbons (Fsp3) is 0.320. The Morgan fingerprint density at radius 2 is 1.39 bits per heavy atom. The number of rotatable bonds is 8. The predicted molar refractivity (Wildman–Crippen MR) is 126 cm³/mol. The number of carbonyl (C=O) groups is 3. The summed E-state index contributed by atoms with van der Waals surface area (Å²) in [6.45, 7) is 8.96. The van der Waals surface area contributed by atoms with Crippen LogP contribution in [0.5, 0.6) is 0 Å². The second kappa shape index (κ2) is 13.8. The summed E-state index contributed by atoms with van der Waals surface area (Å²) in [4.78, 5) is 36.1. The molecule has 0 aromatic heterocycles. The Labute approximate surface area is 194 Å². The highest BCUT2D eigenvalue weighted by Gasteiger charge is 2.16. The molecule has 2 aromatic rings. The Morgan fingerprint density at radius 1 is 0.848 bits per heavy atom. The lowest BCUT2D eigenvalue weighted by Crippen LogP contribution is -2.48. The number of carbonyl (C=O) groups excluding carboxylic acids is 1. The van der Waals surface area contributed by atoms with Crippen molar-refractivity contribution in [3.63, 3.8) is 0 Å². The molecule has 33 heavy (non-hydrogen) atoms. The van der Waals surface area contributed by atoms with Gasteiger partial charge in [-0.3, -0.25) is 14.6 Å². The molecule has 0 saturated carbocycles. The van der Waals surface area contributed by atoms with Crippen molar-refractivity contribution in [2.45, 2.75) is 13.5 Å². The minimum absolute atomic E-state index is 0.0164. The topological polar surface area (TPSA) is 110 Å². The Hall–Kier alpha value is -3.49. The van der Waals surface area contributed by atoms with E-state index in [0.29, 0.717) is 18.7 Å². The third-order valence-electron chi connectivity index (χ3n) is 5.11. The van der Waals surface area contributed by atoms with Crippen molar-refractivity contribution >= 4 is 17.8 Å². The van der Waals surface area contributed by atoms with Crippen LogP contribution in [0.2, 0.25) is 0 Å². The SMILES string of the molecule is Cc1ccc(C(=O)NCCN2CCN(Cc3ccccc3)CC2)cc1.O=C(O)/C=C/C(=O)O. The first-order valence-electron chi connectivity index (χ1n) is 10.8. The maximum Gasteiger partial charge on any atom is 0.328 e. The van der Waals surface area contributed by atoms with Crippen molar-refractivity contribution in [2.75, 3.05) is 39.3 Å². The number of amides is 1. The largest absolute Gasteiger partial charge is 0.478 e. The molecule has 0 bridgehead atoms. The van der Waals surface area contributed by atoms with Gasteiger partial charge in [0.15, 0.2) is 0 Å². The van der Waals surface area contributed by atoms with Gasteiger partial charge >= 0.3 is 11.9 Å². The zero-order valence-electron chi connectivity index (χ0n) is 18.8. The number of carboxylic acids is 2. The average molecular weight is 454 g/mol. The zero-order valence-corrected chi connectivity index (χ0v) is 18.8. The Bertz CT molecular complexity index is 905. The van der Waals surface area contributed by atoms with Crippen molar-refractivity contribution in [1.82, 2.24) is 15.1 Å². The monoisotopic (exact) mass is 453 g/mol. The highest BCUT2D eigenvalue weighted by atomic mass is 16.4. The maximum atomic E-state index is 12.1. The van der Waals surface area contributed by atoms with Gasteiger partial charge in [-0.05, 0) is 24.6 Å². The first kappa shape index (κ1) is 25.8. The minimum Gasteiger partial charge on any atom is -0.478 e. The third kappa shape index (κ3) is 10.6. The lowest BCUT2D eigenvalue weighted by molar-refractivity contribution is -0.134. The standard InChI is InChI=1S/C21H27N3O.C4H4O4/c1-18-7-9-20(10-8-18)21(25)22-11-12-23-13-15-24(16-14-23)17-19-5-3-2-4-6-19;5-3(6)1-2-4(7)8/h2-10H,11-17H2,1H3,(H,22,25);1-2H,(H,5,6)(H,7,8)/b;2-1+. The van der Waals surface area contributed by atoms with Crippen LogP contribution in [-0.4, -0.2) is 77.1 Å². The molecule has 1 saturated heterocycles. The second-order valence-electron chi connectivity index (χ2n) is 7.74. The van der Waals surface area contributed by atoms with E-state index in [9.17, 15) is 14.4 Å². The van der Waals surface area contributed by atoms with E-state index in [0.717, 1.165) is 44.8 Å². The molecule has 3 N–H and O–H groups in total.